The Kier molecular flexibility index (Phi) is 15.9. The molecule has 0 aliphatic heterocycles. The first-order valence-electron chi connectivity index (χ1n) is 9.85. The molecule has 0 saturated heterocycles. The zero-order chi connectivity index (χ0) is 23.6. The average molecular weight is 503 g/mol. The van der Waals surface area contributed by atoms with Crippen molar-refractivity contribution in [1.82, 2.24) is 10.6 Å². The molecule has 1 aromatic rings. The lowest BCUT2D eigenvalue weighted by Crippen LogP contribution is -2.53. The van der Waals surface area contributed by atoms with Gasteiger partial charge in [0.15, 0.2) is 0 Å². The summed E-state index contributed by atoms with van der Waals surface area (Å²) in [6, 6.07) is 6.55. The second kappa shape index (κ2) is 17.2. The van der Waals surface area contributed by atoms with Crippen LogP contribution in [0.3, 0.4) is 0 Å². The predicted octanol–water partition coefficient (Wildman–Crippen LogP) is 2.66. The third kappa shape index (κ3) is 13.5. The van der Waals surface area contributed by atoms with Gasteiger partial charge in [0.1, 0.15) is 24.5 Å². The molecule has 2 unspecified atom stereocenters. The number of carboxylic acid groups (broad SMARTS) is 1. The Bertz CT molecular complexity index is 686. The number of amides is 2. The summed E-state index contributed by atoms with van der Waals surface area (Å²) in [5.74, 6) is -2.22. The second-order valence-corrected chi connectivity index (χ2v) is 7.09. The number of carboxylic acids is 1. The van der Waals surface area contributed by atoms with E-state index in [0.29, 0.717) is 0 Å². The molecule has 31 heavy (non-hydrogen) atoms. The minimum atomic E-state index is -1.28. The van der Waals surface area contributed by atoms with Crippen molar-refractivity contribution in [3.05, 3.63) is 35.9 Å². The lowest BCUT2D eigenvalue weighted by Gasteiger charge is -2.20. The zero-order valence-corrected chi connectivity index (χ0v) is 19.6. The highest BCUT2D eigenvalue weighted by atomic mass is 79.9. The average Bonchev–Trinajstić information content (AvgIpc) is 2.75. The summed E-state index contributed by atoms with van der Waals surface area (Å²) >= 11 is 2.99. The van der Waals surface area contributed by atoms with Gasteiger partial charge in [0, 0.05) is 13.5 Å². The molecule has 174 valence electrons. The number of carbonyl (C=O) groups is 4. The topological polar surface area (TPSA) is 131 Å². The van der Waals surface area contributed by atoms with E-state index in [1.54, 1.807) is 24.3 Å². The Morgan fingerprint density at radius 1 is 1.06 bits per heavy atom. The number of rotatable bonds is 12. The van der Waals surface area contributed by atoms with Gasteiger partial charge in [-0.2, -0.15) is 0 Å². The van der Waals surface area contributed by atoms with Crippen LogP contribution in [0.25, 0.3) is 0 Å². The molecule has 0 radical (unpaired) electrons. The minimum absolute atomic E-state index is 0.00993. The molecule has 1 rings (SSSR count). The van der Waals surface area contributed by atoms with Crippen LogP contribution in [-0.4, -0.2) is 60.0 Å². The van der Waals surface area contributed by atoms with Gasteiger partial charge in [-0.25, -0.2) is 9.59 Å². The number of ketones is 1. The van der Waals surface area contributed by atoms with Crippen LogP contribution >= 0.6 is 15.9 Å². The number of hydrogen-bond acceptors (Lipinski definition) is 6. The maximum atomic E-state index is 12.4. The Hall–Kier alpha value is -2.46. The van der Waals surface area contributed by atoms with Crippen molar-refractivity contribution in [2.24, 2.45) is 0 Å². The summed E-state index contributed by atoms with van der Waals surface area (Å²) in [5.41, 5.74) is 0.771. The minimum Gasteiger partial charge on any atom is -0.480 e. The molecular weight excluding hydrogens is 472 g/mol. The molecule has 0 fully saturated rings. The molecule has 3 N–H and O–H groups in total. The Morgan fingerprint density at radius 2 is 1.68 bits per heavy atom. The van der Waals surface area contributed by atoms with Crippen LogP contribution in [0, 0.1) is 0 Å². The summed E-state index contributed by atoms with van der Waals surface area (Å²) in [5, 5.41) is 14.0. The van der Waals surface area contributed by atoms with Gasteiger partial charge in [0.25, 0.3) is 0 Å². The summed E-state index contributed by atoms with van der Waals surface area (Å²) in [6.45, 7) is 4.08. The molecule has 2 amide bonds. The Morgan fingerprint density at radius 3 is 2.19 bits per heavy atom. The first-order chi connectivity index (χ1) is 14.8. The van der Waals surface area contributed by atoms with Gasteiger partial charge in [0.05, 0.1) is 11.9 Å². The normalized spacial score (nSPS) is 11.9. The maximum Gasteiger partial charge on any atom is 0.408 e. The van der Waals surface area contributed by atoms with E-state index in [4.69, 9.17) is 9.47 Å². The zero-order valence-electron chi connectivity index (χ0n) is 18.1. The standard InChI is InChI=1S/C18H23BrN2O7.C3H8/c1-27-11-15(21-18(26)28-10-12-5-3-2-4-6-12)16(23)20-14(17(24)25)8-7-13(22)9-19;1-3-2/h2-6,14-15H,7-11H2,1H3,(H,20,23)(H,21,26)(H,24,25);3H2,1-2H3. The highest BCUT2D eigenvalue weighted by Gasteiger charge is 2.27. The number of Topliss-reactive ketones (excluding diaryl/α,β-unsaturated/α-hetero) is 1. The SMILES string of the molecule is CCC.COCC(NC(=O)OCc1ccccc1)C(=O)NC(CCC(=O)CBr)C(=O)O. The fourth-order valence-electron chi connectivity index (χ4n) is 2.16. The molecule has 0 aliphatic rings. The van der Waals surface area contributed by atoms with E-state index in [1.807, 2.05) is 6.07 Å². The van der Waals surface area contributed by atoms with Crippen molar-refractivity contribution in [1.29, 1.82) is 0 Å². The van der Waals surface area contributed by atoms with Gasteiger partial charge in [-0.3, -0.25) is 9.59 Å². The number of hydrogen-bond donors (Lipinski definition) is 3. The summed E-state index contributed by atoms with van der Waals surface area (Å²) < 4.78 is 9.96. The number of ether oxygens (including phenoxy) is 2. The number of alkyl halides is 1. The van der Waals surface area contributed by atoms with Crippen molar-refractivity contribution in [3.63, 3.8) is 0 Å². The molecule has 2 atom stereocenters. The van der Waals surface area contributed by atoms with Gasteiger partial charge in [0.2, 0.25) is 5.91 Å². The van der Waals surface area contributed by atoms with Crippen molar-refractivity contribution >= 4 is 39.7 Å². The Labute approximate surface area is 191 Å². The third-order valence-corrected chi connectivity index (χ3v) is 4.26. The second-order valence-electron chi connectivity index (χ2n) is 6.53. The van der Waals surface area contributed by atoms with Crippen LogP contribution in [0.4, 0.5) is 4.79 Å². The molecule has 0 aliphatic carbocycles. The van der Waals surface area contributed by atoms with E-state index in [1.165, 1.54) is 13.5 Å². The van der Waals surface area contributed by atoms with Crippen molar-refractivity contribution in [2.75, 3.05) is 19.0 Å². The van der Waals surface area contributed by atoms with Gasteiger partial charge >= 0.3 is 12.1 Å². The van der Waals surface area contributed by atoms with E-state index >= 15 is 0 Å². The number of alkyl carbamates (subject to hydrolysis) is 1. The third-order valence-electron chi connectivity index (χ3n) is 3.63. The van der Waals surface area contributed by atoms with Crippen LogP contribution in [0.5, 0.6) is 0 Å². The van der Waals surface area contributed by atoms with E-state index in [-0.39, 0.29) is 37.2 Å². The van der Waals surface area contributed by atoms with Crippen LogP contribution in [0.2, 0.25) is 0 Å². The van der Waals surface area contributed by atoms with Crippen molar-refractivity contribution in [2.45, 2.75) is 51.8 Å². The summed E-state index contributed by atoms with van der Waals surface area (Å²) in [4.78, 5) is 47.0. The van der Waals surface area contributed by atoms with Crippen molar-refractivity contribution < 1.29 is 33.8 Å². The lowest BCUT2D eigenvalue weighted by molar-refractivity contribution is -0.142. The molecular formula is C21H31BrN2O7. The van der Waals surface area contributed by atoms with E-state index in [0.717, 1.165) is 5.56 Å². The molecule has 0 bridgehead atoms. The van der Waals surface area contributed by atoms with Crippen LogP contribution in [-0.2, 0) is 30.5 Å². The first-order valence-corrected chi connectivity index (χ1v) is 11.0. The molecule has 0 saturated carbocycles. The number of nitrogens with one attached hydrogen (secondary N) is 2. The highest BCUT2D eigenvalue weighted by Crippen LogP contribution is 2.03. The molecule has 9 nitrogen and oxygen atoms in total. The number of carbonyl (C=O) groups excluding carboxylic acids is 3. The number of aliphatic carboxylic acids is 1. The van der Waals surface area contributed by atoms with E-state index in [2.05, 4.69) is 40.4 Å². The number of methoxy groups -OCH3 is 1. The maximum absolute atomic E-state index is 12.4. The quantitative estimate of drug-likeness (QED) is 0.374. The fourth-order valence-corrected chi connectivity index (χ4v) is 2.44. The Balaban J connectivity index is 0.00000282. The smallest absolute Gasteiger partial charge is 0.408 e. The van der Waals surface area contributed by atoms with Crippen LogP contribution in [0.15, 0.2) is 30.3 Å². The van der Waals surface area contributed by atoms with E-state index in [9.17, 15) is 24.3 Å². The fraction of sp³-hybridized carbons (Fsp3) is 0.524. The van der Waals surface area contributed by atoms with E-state index < -0.39 is 30.1 Å². The molecule has 0 aromatic heterocycles. The lowest BCUT2D eigenvalue weighted by atomic mass is 10.1. The molecule has 0 spiro atoms. The van der Waals surface area contributed by atoms with Gasteiger partial charge in [-0.05, 0) is 12.0 Å². The van der Waals surface area contributed by atoms with Crippen LogP contribution in [0.1, 0.15) is 38.7 Å². The first kappa shape index (κ1) is 28.5. The molecule has 10 heteroatoms. The monoisotopic (exact) mass is 502 g/mol. The van der Waals surface area contributed by atoms with Gasteiger partial charge in [-0.15, -0.1) is 0 Å². The summed E-state index contributed by atoms with van der Waals surface area (Å²) in [6.07, 6.45) is 0.329. The predicted molar refractivity (Wildman–Crippen MR) is 119 cm³/mol. The number of benzene rings is 1. The largest absolute Gasteiger partial charge is 0.480 e. The van der Waals surface area contributed by atoms with Gasteiger partial charge in [-0.1, -0.05) is 66.5 Å². The molecule has 1 aromatic carbocycles. The van der Waals surface area contributed by atoms with Gasteiger partial charge < -0.3 is 25.2 Å². The van der Waals surface area contributed by atoms with Crippen molar-refractivity contribution in [3.8, 4) is 0 Å². The highest BCUT2D eigenvalue weighted by molar-refractivity contribution is 9.09. The molecule has 0 heterocycles. The summed E-state index contributed by atoms with van der Waals surface area (Å²) in [7, 11) is 1.33. The number of halogens is 1. The van der Waals surface area contributed by atoms with Crippen LogP contribution < -0.4 is 10.6 Å².